The Morgan fingerprint density at radius 2 is 1.00 bits per heavy atom. The van der Waals surface area contributed by atoms with Gasteiger partial charge < -0.3 is 56.8 Å². The molecule has 0 amide bonds. The Labute approximate surface area is 695 Å². The van der Waals surface area contributed by atoms with E-state index in [0.29, 0.717) is 29.6 Å². The molecule has 12 nitrogen and oxygen atoms in total. The zero-order valence-electron chi connectivity index (χ0n) is 66.0. The zero-order valence-corrected chi connectivity index (χ0v) is 75.8. The molecule has 3 aliphatic carbocycles. The van der Waals surface area contributed by atoms with E-state index in [1.807, 2.05) is 187 Å². The third-order valence-electron chi connectivity index (χ3n) is 16.5. The SMILES string of the molecule is C1=CSCCCCO1.C1=CSCCCO1.C1CC2=C(C1)SC1CCCCC1O2.C1COC2=C(CCCC2)SC1.CC1(C)COC=CSC1.CC1=C(C)SCCCO1.CC1=COCCCS1.CC1=CSCCCO1.CC1CCCS/C=C\O1.CC1CCOC=CS1.CC1CCSC=CO1.CC1COC=CSC1. The molecule has 0 aromatic heterocycles. The van der Waals surface area contributed by atoms with Crippen LogP contribution in [0, 0.1) is 11.3 Å². The molecule has 0 spiro atoms. The molecule has 6 unspecified atom stereocenters. The van der Waals surface area contributed by atoms with Crippen LogP contribution in [-0.4, -0.2) is 146 Å². The van der Waals surface area contributed by atoms with Gasteiger partial charge in [0.1, 0.15) is 23.4 Å². The summed E-state index contributed by atoms with van der Waals surface area (Å²) in [6, 6.07) is 0. The molecule has 0 aromatic carbocycles. The Kier molecular flexibility index (Phi) is 61.4. The van der Waals surface area contributed by atoms with E-state index in [9.17, 15) is 0 Å². The van der Waals surface area contributed by atoms with Crippen molar-refractivity contribution in [3.8, 4) is 0 Å². The lowest BCUT2D eigenvalue weighted by Crippen LogP contribution is -2.32. The Hall–Kier alpha value is -1.32. The lowest BCUT2D eigenvalue weighted by Gasteiger charge is -2.36. The summed E-state index contributed by atoms with van der Waals surface area (Å²) in [5, 5.41) is 17.7. The molecule has 15 aliphatic rings. The van der Waals surface area contributed by atoms with Crippen molar-refractivity contribution in [2.75, 3.05) is 117 Å². The van der Waals surface area contributed by atoms with Gasteiger partial charge in [-0.15, -0.1) is 141 Å². The average Bonchev–Trinajstić information content (AvgIpc) is 1.58. The lowest BCUT2D eigenvalue weighted by molar-refractivity contribution is 0.0807. The van der Waals surface area contributed by atoms with Gasteiger partial charge in [0.2, 0.25) is 0 Å². The van der Waals surface area contributed by atoms with E-state index >= 15 is 0 Å². The van der Waals surface area contributed by atoms with Crippen LogP contribution in [0.25, 0.3) is 0 Å². The average molecular weight is 1700 g/mol. The van der Waals surface area contributed by atoms with Gasteiger partial charge in [-0.3, -0.25) is 0 Å². The first-order chi connectivity index (χ1) is 51.8. The molecule has 0 N–H and O–H groups in total. The van der Waals surface area contributed by atoms with Crippen LogP contribution in [0.15, 0.2) is 136 Å². The molecule has 12 heterocycles. The number of allylic oxidation sites excluding steroid dienone is 8. The van der Waals surface area contributed by atoms with Crippen molar-refractivity contribution in [1.82, 2.24) is 0 Å². The van der Waals surface area contributed by atoms with Crippen molar-refractivity contribution < 1.29 is 56.8 Å². The molecule has 6 atom stereocenters. The highest BCUT2D eigenvalue weighted by molar-refractivity contribution is 8.05. The topological polar surface area (TPSA) is 111 Å². The van der Waals surface area contributed by atoms with Crippen molar-refractivity contribution in [1.29, 1.82) is 0 Å². The summed E-state index contributed by atoms with van der Waals surface area (Å²) in [5.74, 6) is 17.7. The predicted molar refractivity (Wildman–Crippen MR) is 481 cm³/mol. The first-order valence-electron chi connectivity index (χ1n) is 38.9. The third-order valence-corrected chi connectivity index (χ3v) is 29.2. The van der Waals surface area contributed by atoms with Crippen LogP contribution in [0.2, 0.25) is 0 Å². The molecule has 606 valence electrons. The minimum Gasteiger partial charge on any atom is -0.501 e. The summed E-state index contributed by atoms with van der Waals surface area (Å²) >= 11 is 22.5. The van der Waals surface area contributed by atoms with E-state index in [0.717, 1.165) is 100 Å². The van der Waals surface area contributed by atoms with Crippen LogP contribution in [-0.2, 0) is 56.8 Å². The third kappa shape index (κ3) is 54.4. The van der Waals surface area contributed by atoms with Gasteiger partial charge in [-0.05, 0) is 181 Å². The van der Waals surface area contributed by atoms with Crippen molar-refractivity contribution in [2.24, 2.45) is 11.3 Å². The standard InChI is InChI=1S/C11H16OS.C9H14OS.3C7H12OS.6C6H10OS.C5H8OS/c1-2-6-10-8(4-1)12-9-5-3-7-11(9)13-10;1-2-5-9-8(4-1)10-6-3-7-11-9;1-7(2)5-8-3-4-9-6-7;1-6-7(2)9-5-3-4-8-6;1-7-3-2-5-9-6-4-8-7;1-6-2-4-8-5-3-7-6;1-6-4-7-2-3-8-5-6;1-6-2-3-7-4-5-8-6;1-6-5-8-4-2-3-7-6;1-6-5-7-3-2-4-8-6;1-2-5-8-6-4-7-3-1;1-2-6-3-5-7-4-1/h8,10H,1-7H2;1-7H2;3-4H,5-6H2,1-2H3;3-5H2,1-2H3;4,6-7H,2-3,5H2,1H3;3,5-6H,2,4H2,1H3;2-3,6H,4-5H2,1H3;4-6H,2-3H2,1H3;2*5H,2-4H2,1H3;4,6H,1-3,5H2;3,5H,1-2,4H2/b;;;;6-4-;;;;;;;. The molecule has 12 aliphatic heterocycles. The Bertz CT molecular complexity index is 2460. The number of hydrogen-bond donors (Lipinski definition) is 0. The van der Waals surface area contributed by atoms with Gasteiger partial charge in [-0.25, -0.2) is 0 Å². The van der Waals surface area contributed by atoms with E-state index in [1.165, 1.54) is 202 Å². The summed E-state index contributed by atoms with van der Waals surface area (Å²) in [5.41, 5.74) is 0.341. The zero-order chi connectivity index (χ0) is 75.9. The van der Waals surface area contributed by atoms with E-state index in [-0.39, 0.29) is 0 Å². The highest BCUT2D eigenvalue weighted by Gasteiger charge is 2.35. The van der Waals surface area contributed by atoms with E-state index in [1.54, 1.807) is 53.6 Å². The Balaban J connectivity index is 0.000000246. The molecule has 15 rings (SSSR count). The van der Waals surface area contributed by atoms with E-state index in [4.69, 9.17) is 56.8 Å². The number of thioether (sulfide) groups is 12. The van der Waals surface area contributed by atoms with Crippen LogP contribution in [0.5, 0.6) is 0 Å². The van der Waals surface area contributed by atoms with Crippen LogP contribution in [0.4, 0.5) is 0 Å². The van der Waals surface area contributed by atoms with Crippen molar-refractivity contribution >= 4 is 141 Å². The highest BCUT2D eigenvalue weighted by atomic mass is 32.2. The summed E-state index contributed by atoms with van der Waals surface area (Å²) in [7, 11) is 0. The second-order valence-corrected chi connectivity index (χ2v) is 40.7. The molecule has 0 radical (unpaired) electrons. The molecule has 106 heavy (non-hydrogen) atoms. The Morgan fingerprint density at radius 3 is 1.82 bits per heavy atom. The number of ether oxygens (including phenoxy) is 12. The molecule has 0 saturated heterocycles. The maximum absolute atomic E-state index is 6.07. The highest BCUT2D eigenvalue weighted by Crippen LogP contribution is 2.47. The Morgan fingerprint density at radius 1 is 0.415 bits per heavy atom. The lowest BCUT2D eigenvalue weighted by atomic mass is 9.97. The largest absolute Gasteiger partial charge is 0.501 e. The monoisotopic (exact) mass is 1690 g/mol. The minimum absolute atomic E-state index is 0.341. The van der Waals surface area contributed by atoms with Crippen LogP contribution >= 0.6 is 141 Å². The number of rotatable bonds is 0. The smallest absolute Gasteiger partial charge is 0.110 e. The van der Waals surface area contributed by atoms with Gasteiger partial charge in [0.15, 0.2) is 0 Å². The predicted octanol–water partition coefficient (Wildman–Crippen LogP) is 26.9. The summed E-state index contributed by atoms with van der Waals surface area (Å²) in [6.45, 7) is 29.3. The van der Waals surface area contributed by atoms with Gasteiger partial charge in [-0.2, -0.15) is 0 Å². The maximum Gasteiger partial charge on any atom is 0.110 e. The van der Waals surface area contributed by atoms with E-state index in [2.05, 4.69) is 72.6 Å². The van der Waals surface area contributed by atoms with Gasteiger partial charge in [0, 0.05) is 138 Å². The first-order valence-corrected chi connectivity index (χ1v) is 51.0. The quantitative estimate of drug-likeness (QED) is 0.229. The van der Waals surface area contributed by atoms with Crippen LogP contribution in [0.1, 0.15) is 210 Å². The fourth-order valence-corrected chi connectivity index (χ4v) is 20.0. The van der Waals surface area contributed by atoms with Gasteiger partial charge >= 0.3 is 0 Å². The molecule has 0 aromatic rings. The minimum atomic E-state index is 0.341. The fourth-order valence-electron chi connectivity index (χ4n) is 10.3. The molecule has 24 heteroatoms. The molecule has 1 saturated carbocycles. The van der Waals surface area contributed by atoms with Crippen molar-refractivity contribution in [3.05, 3.63) is 136 Å². The van der Waals surface area contributed by atoms with E-state index < -0.39 is 0 Å². The van der Waals surface area contributed by atoms with Crippen molar-refractivity contribution in [3.63, 3.8) is 0 Å². The van der Waals surface area contributed by atoms with Crippen LogP contribution in [0.3, 0.4) is 0 Å². The normalized spacial score (nSPS) is 26.5. The molecular weight excluding hydrogens is 1560 g/mol. The second kappa shape index (κ2) is 67.1. The summed E-state index contributed by atoms with van der Waals surface area (Å²) in [4.78, 5) is 5.77. The fraction of sp³-hybridized carbons (Fsp3) is 0.707. The molecule has 0 bridgehead atoms. The van der Waals surface area contributed by atoms with Crippen LogP contribution < -0.4 is 0 Å². The van der Waals surface area contributed by atoms with Crippen molar-refractivity contribution in [2.45, 2.75) is 239 Å². The van der Waals surface area contributed by atoms with Gasteiger partial charge in [0.05, 0.1) is 128 Å². The number of hydrogen-bond acceptors (Lipinski definition) is 24. The first kappa shape index (κ1) is 97.0. The maximum atomic E-state index is 6.07. The molecular formula is C82H134O12S12. The summed E-state index contributed by atoms with van der Waals surface area (Å²) < 4.78 is 63.4. The van der Waals surface area contributed by atoms with Gasteiger partial charge in [-0.1, -0.05) is 34.1 Å². The molecule has 1 fully saturated rings. The number of fused-ring (bicyclic) bond motifs is 1. The summed E-state index contributed by atoms with van der Waals surface area (Å²) in [6.07, 6.45) is 43.4. The van der Waals surface area contributed by atoms with Gasteiger partial charge in [0.25, 0.3) is 0 Å². The second-order valence-electron chi connectivity index (χ2n) is 27.3.